The molecule has 2 aromatic heterocycles. The number of aryl methyl sites for hydroxylation is 2. The molecule has 0 radical (unpaired) electrons. The number of anilines is 1. The predicted octanol–water partition coefficient (Wildman–Crippen LogP) is 1.60. The number of rotatable bonds is 4. The summed E-state index contributed by atoms with van der Waals surface area (Å²) in [5, 5.41) is 9.71. The number of nitrogen functional groups attached to an aromatic ring is 1. The van der Waals surface area contributed by atoms with Crippen LogP contribution in [0.3, 0.4) is 0 Å². The first-order chi connectivity index (χ1) is 8.60. The lowest BCUT2D eigenvalue weighted by atomic mass is 10.3. The Morgan fingerprint density at radius 2 is 2.11 bits per heavy atom. The monoisotopic (exact) mass is 264 g/mol. The highest BCUT2D eigenvalue weighted by atomic mass is 32.2. The molecule has 0 aromatic carbocycles. The fraction of sp³-hybridized carbons (Fsp3) is 0.455. The third kappa shape index (κ3) is 2.79. The molecule has 2 N–H and O–H groups in total. The van der Waals surface area contributed by atoms with E-state index in [1.54, 1.807) is 6.07 Å². The van der Waals surface area contributed by atoms with Crippen LogP contribution in [0.2, 0.25) is 0 Å². The van der Waals surface area contributed by atoms with Crippen molar-refractivity contribution < 1.29 is 0 Å². The van der Waals surface area contributed by atoms with Crippen LogP contribution >= 0.6 is 11.8 Å². The summed E-state index contributed by atoms with van der Waals surface area (Å²) in [6.45, 7) is 4.00. The van der Waals surface area contributed by atoms with Gasteiger partial charge in [-0.25, -0.2) is 9.97 Å². The van der Waals surface area contributed by atoms with E-state index in [4.69, 9.17) is 5.73 Å². The zero-order chi connectivity index (χ0) is 13.1. The van der Waals surface area contributed by atoms with Crippen molar-refractivity contribution in [3.05, 3.63) is 17.7 Å². The molecule has 0 amide bonds. The minimum Gasteiger partial charge on any atom is -0.384 e. The first-order valence-corrected chi connectivity index (χ1v) is 6.59. The molecule has 96 valence electrons. The molecule has 0 aliphatic rings. The molecule has 0 atom stereocenters. The molecule has 0 fully saturated rings. The number of nitrogens with zero attached hydrogens (tertiary/aromatic N) is 5. The van der Waals surface area contributed by atoms with E-state index in [1.807, 2.05) is 18.5 Å². The highest BCUT2D eigenvalue weighted by Crippen LogP contribution is 2.25. The molecule has 2 aromatic rings. The van der Waals surface area contributed by atoms with Gasteiger partial charge in [0, 0.05) is 19.5 Å². The Bertz CT molecular complexity index is 550. The number of aromatic nitrogens is 5. The second-order valence-electron chi connectivity index (χ2n) is 3.99. The van der Waals surface area contributed by atoms with Crippen molar-refractivity contribution in [2.45, 2.75) is 36.9 Å². The SMILES string of the molecule is CCCc1nc(N)cc(Sc2nnc(C)n2C)n1. The summed E-state index contributed by atoms with van der Waals surface area (Å²) in [5.74, 6) is 2.14. The summed E-state index contributed by atoms with van der Waals surface area (Å²) in [6.07, 6.45) is 1.83. The van der Waals surface area contributed by atoms with Gasteiger partial charge in [-0.05, 0) is 25.1 Å². The minimum atomic E-state index is 0.495. The van der Waals surface area contributed by atoms with Gasteiger partial charge in [-0.2, -0.15) is 0 Å². The van der Waals surface area contributed by atoms with Gasteiger partial charge >= 0.3 is 0 Å². The van der Waals surface area contributed by atoms with Gasteiger partial charge in [0.05, 0.1) is 0 Å². The lowest BCUT2D eigenvalue weighted by Crippen LogP contribution is -2.01. The van der Waals surface area contributed by atoms with Crippen molar-refractivity contribution in [1.29, 1.82) is 0 Å². The first kappa shape index (κ1) is 12.8. The summed E-state index contributed by atoms with van der Waals surface area (Å²) in [6, 6.07) is 1.76. The maximum Gasteiger partial charge on any atom is 0.197 e. The van der Waals surface area contributed by atoms with Crippen LogP contribution in [-0.4, -0.2) is 24.7 Å². The first-order valence-electron chi connectivity index (χ1n) is 5.77. The van der Waals surface area contributed by atoms with Crippen LogP contribution in [0.1, 0.15) is 25.0 Å². The Kier molecular flexibility index (Phi) is 3.81. The van der Waals surface area contributed by atoms with Gasteiger partial charge in [0.1, 0.15) is 22.5 Å². The normalized spacial score (nSPS) is 10.8. The highest BCUT2D eigenvalue weighted by Gasteiger charge is 2.10. The van der Waals surface area contributed by atoms with Crippen LogP contribution in [0, 0.1) is 6.92 Å². The van der Waals surface area contributed by atoms with E-state index >= 15 is 0 Å². The summed E-state index contributed by atoms with van der Waals surface area (Å²) < 4.78 is 1.92. The molecular weight excluding hydrogens is 248 g/mol. The zero-order valence-corrected chi connectivity index (χ0v) is 11.5. The van der Waals surface area contributed by atoms with E-state index in [0.717, 1.165) is 34.7 Å². The molecule has 0 aliphatic heterocycles. The minimum absolute atomic E-state index is 0.495. The van der Waals surface area contributed by atoms with Gasteiger partial charge in [-0.1, -0.05) is 6.92 Å². The molecule has 6 nitrogen and oxygen atoms in total. The third-order valence-corrected chi connectivity index (χ3v) is 3.45. The van der Waals surface area contributed by atoms with Gasteiger partial charge in [0.2, 0.25) is 0 Å². The van der Waals surface area contributed by atoms with Gasteiger partial charge in [-0.3, -0.25) is 0 Å². The van der Waals surface area contributed by atoms with Crippen molar-refractivity contribution in [3.8, 4) is 0 Å². The molecule has 0 saturated heterocycles. The zero-order valence-electron chi connectivity index (χ0n) is 10.7. The van der Waals surface area contributed by atoms with Crippen LogP contribution in [0.15, 0.2) is 16.2 Å². The van der Waals surface area contributed by atoms with Crippen LogP contribution < -0.4 is 5.73 Å². The molecule has 0 saturated carbocycles. The molecule has 0 unspecified atom stereocenters. The Balaban J connectivity index is 2.26. The van der Waals surface area contributed by atoms with Crippen LogP contribution in [-0.2, 0) is 13.5 Å². The standard InChI is InChI=1S/C11H16N6S/c1-4-5-9-13-8(12)6-10(14-9)18-11-16-15-7(2)17(11)3/h6H,4-5H2,1-3H3,(H2,12,13,14). The van der Waals surface area contributed by atoms with Crippen LogP contribution in [0.25, 0.3) is 0 Å². The Labute approximate surface area is 110 Å². The van der Waals surface area contributed by atoms with Gasteiger partial charge in [0.15, 0.2) is 5.16 Å². The van der Waals surface area contributed by atoms with Crippen molar-refractivity contribution in [2.75, 3.05) is 5.73 Å². The molecule has 0 spiro atoms. The molecule has 7 heteroatoms. The van der Waals surface area contributed by atoms with E-state index < -0.39 is 0 Å². The fourth-order valence-electron chi connectivity index (χ4n) is 1.45. The molecule has 2 rings (SSSR count). The van der Waals surface area contributed by atoms with E-state index in [2.05, 4.69) is 27.1 Å². The molecule has 18 heavy (non-hydrogen) atoms. The Morgan fingerprint density at radius 3 is 2.72 bits per heavy atom. The average molecular weight is 264 g/mol. The molecule has 2 heterocycles. The Hall–Kier alpha value is -1.63. The summed E-state index contributed by atoms with van der Waals surface area (Å²) in [7, 11) is 1.93. The number of nitrogens with two attached hydrogens (primary N) is 1. The maximum absolute atomic E-state index is 5.78. The van der Waals surface area contributed by atoms with E-state index in [-0.39, 0.29) is 0 Å². The summed E-state index contributed by atoms with van der Waals surface area (Å²) >= 11 is 1.45. The molecule has 0 aliphatic carbocycles. The van der Waals surface area contributed by atoms with Crippen molar-refractivity contribution in [1.82, 2.24) is 24.7 Å². The van der Waals surface area contributed by atoms with E-state index in [0.29, 0.717) is 5.82 Å². The van der Waals surface area contributed by atoms with E-state index in [1.165, 1.54) is 11.8 Å². The second-order valence-corrected chi connectivity index (χ2v) is 4.98. The average Bonchev–Trinajstić information content (AvgIpc) is 2.61. The van der Waals surface area contributed by atoms with Crippen LogP contribution in [0.5, 0.6) is 0 Å². The smallest absolute Gasteiger partial charge is 0.197 e. The maximum atomic E-state index is 5.78. The van der Waals surface area contributed by atoms with Crippen molar-refractivity contribution in [3.63, 3.8) is 0 Å². The van der Waals surface area contributed by atoms with Crippen molar-refractivity contribution in [2.24, 2.45) is 7.05 Å². The summed E-state index contributed by atoms with van der Waals surface area (Å²) in [5.41, 5.74) is 5.78. The lowest BCUT2D eigenvalue weighted by Gasteiger charge is -2.04. The van der Waals surface area contributed by atoms with E-state index in [9.17, 15) is 0 Å². The second kappa shape index (κ2) is 5.34. The van der Waals surface area contributed by atoms with Crippen LogP contribution in [0.4, 0.5) is 5.82 Å². The highest BCUT2D eigenvalue weighted by molar-refractivity contribution is 7.99. The third-order valence-electron chi connectivity index (χ3n) is 2.49. The number of hydrogen-bond acceptors (Lipinski definition) is 6. The predicted molar refractivity (Wildman–Crippen MR) is 70.3 cm³/mol. The topological polar surface area (TPSA) is 82.5 Å². The van der Waals surface area contributed by atoms with Gasteiger partial charge in [-0.15, -0.1) is 10.2 Å². The number of hydrogen-bond donors (Lipinski definition) is 1. The largest absolute Gasteiger partial charge is 0.384 e. The lowest BCUT2D eigenvalue weighted by molar-refractivity contribution is 0.761. The van der Waals surface area contributed by atoms with Crippen molar-refractivity contribution >= 4 is 17.6 Å². The molecule has 0 bridgehead atoms. The van der Waals surface area contributed by atoms with Gasteiger partial charge < -0.3 is 10.3 Å². The quantitative estimate of drug-likeness (QED) is 0.845. The Morgan fingerprint density at radius 1 is 1.33 bits per heavy atom. The van der Waals surface area contributed by atoms with Gasteiger partial charge in [0.25, 0.3) is 0 Å². The summed E-state index contributed by atoms with van der Waals surface area (Å²) in [4.78, 5) is 8.66. The fourth-order valence-corrected chi connectivity index (χ4v) is 2.32. The molecular formula is C11H16N6S.